The Bertz CT molecular complexity index is 1250. The average Bonchev–Trinajstić information content (AvgIpc) is 3.42. The molecule has 0 spiro atoms. The van der Waals surface area contributed by atoms with E-state index >= 15 is 0 Å². The van der Waals surface area contributed by atoms with Crippen molar-refractivity contribution in [3.05, 3.63) is 59.3 Å². The van der Waals surface area contributed by atoms with Crippen LogP contribution in [0.25, 0.3) is 5.52 Å². The fourth-order valence-corrected chi connectivity index (χ4v) is 3.61. The van der Waals surface area contributed by atoms with Gasteiger partial charge in [0.1, 0.15) is 11.7 Å². The van der Waals surface area contributed by atoms with Crippen molar-refractivity contribution < 1.29 is 30.8 Å². The van der Waals surface area contributed by atoms with Crippen LogP contribution in [0.1, 0.15) is 34.7 Å². The maximum Gasteiger partial charge on any atom is 0.470 e. The van der Waals surface area contributed by atoms with Crippen LogP contribution in [-0.2, 0) is 18.8 Å². The van der Waals surface area contributed by atoms with Crippen LogP contribution in [0.3, 0.4) is 0 Å². The molecular formula is C17H11F6N7O. The van der Waals surface area contributed by atoms with Crippen molar-refractivity contribution in [2.45, 2.75) is 24.8 Å². The van der Waals surface area contributed by atoms with Crippen LogP contribution in [0.2, 0.25) is 0 Å². The van der Waals surface area contributed by atoms with Crippen molar-refractivity contribution in [2.24, 2.45) is 0 Å². The van der Waals surface area contributed by atoms with E-state index in [1.807, 2.05) is 0 Å². The smallest absolute Gasteiger partial charge is 0.399 e. The fraction of sp³-hybridized carbons (Fsp3) is 0.294. The maximum atomic E-state index is 13.4. The van der Waals surface area contributed by atoms with Gasteiger partial charge in [0.25, 0.3) is 0 Å². The summed E-state index contributed by atoms with van der Waals surface area (Å²) in [4.78, 5) is 8.48. The van der Waals surface area contributed by atoms with Gasteiger partial charge in [0, 0.05) is 18.7 Å². The lowest BCUT2D eigenvalue weighted by Gasteiger charge is -2.32. The molecule has 0 aliphatic carbocycles. The summed E-state index contributed by atoms with van der Waals surface area (Å²) in [7, 11) is 0. The number of fused-ring (bicyclic) bond motifs is 2. The van der Waals surface area contributed by atoms with Gasteiger partial charge in [0.05, 0.1) is 23.2 Å². The highest BCUT2D eigenvalue weighted by Gasteiger charge is 2.42. The number of alkyl halides is 6. The third-order valence-electron chi connectivity index (χ3n) is 4.90. The molecule has 0 bridgehead atoms. The topological polar surface area (TPSA) is 88.1 Å². The summed E-state index contributed by atoms with van der Waals surface area (Å²) in [6, 6.07) is 3.62. The molecule has 0 aromatic carbocycles. The number of halogens is 6. The van der Waals surface area contributed by atoms with E-state index < -0.39 is 36.0 Å². The van der Waals surface area contributed by atoms with Gasteiger partial charge in [0.2, 0.25) is 0 Å². The Labute approximate surface area is 168 Å². The molecule has 5 rings (SSSR count). The first-order chi connectivity index (χ1) is 14.6. The van der Waals surface area contributed by atoms with Crippen molar-refractivity contribution in [1.82, 2.24) is 29.8 Å². The number of pyridine rings is 1. The second-order valence-electron chi connectivity index (χ2n) is 6.81. The summed E-state index contributed by atoms with van der Waals surface area (Å²) in [6.45, 7) is 0.152. The Hall–Kier alpha value is -3.58. The lowest BCUT2D eigenvalue weighted by molar-refractivity contribution is -0.157. The summed E-state index contributed by atoms with van der Waals surface area (Å²) in [5.74, 6) is -1.52. The highest BCUT2D eigenvalue weighted by molar-refractivity contribution is 5.53. The number of anilines is 1. The monoisotopic (exact) mass is 443 g/mol. The summed E-state index contributed by atoms with van der Waals surface area (Å²) < 4.78 is 84.5. The zero-order chi connectivity index (χ0) is 22.0. The van der Waals surface area contributed by atoms with Crippen LogP contribution in [0.15, 0.2) is 35.0 Å². The van der Waals surface area contributed by atoms with Crippen molar-refractivity contribution in [1.29, 1.82) is 0 Å². The molecule has 4 aromatic heterocycles. The molecule has 0 saturated heterocycles. The van der Waals surface area contributed by atoms with Gasteiger partial charge in [-0.2, -0.15) is 31.4 Å². The number of nitrogens with zero attached hydrogens (tertiary/aromatic N) is 6. The Morgan fingerprint density at radius 1 is 1.06 bits per heavy atom. The molecule has 8 nitrogen and oxygen atoms in total. The first kappa shape index (κ1) is 19.4. The van der Waals surface area contributed by atoms with Crippen molar-refractivity contribution in [3.63, 3.8) is 0 Å². The molecule has 1 aliphatic heterocycles. The number of hydrogen-bond donors (Lipinski definition) is 1. The quantitative estimate of drug-likeness (QED) is 0.476. The molecule has 0 fully saturated rings. The molecule has 1 atom stereocenters. The van der Waals surface area contributed by atoms with E-state index in [2.05, 4.69) is 25.3 Å². The molecule has 1 N–H and O–H groups in total. The van der Waals surface area contributed by atoms with Gasteiger partial charge in [-0.15, -0.1) is 5.10 Å². The first-order valence-corrected chi connectivity index (χ1v) is 8.88. The molecule has 31 heavy (non-hydrogen) atoms. The number of hydrogen-bond acceptors (Lipinski definition) is 6. The second kappa shape index (κ2) is 6.46. The predicted molar refractivity (Wildman–Crippen MR) is 91.0 cm³/mol. The van der Waals surface area contributed by atoms with E-state index in [1.54, 1.807) is 0 Å². The molecule has 1 aliphatic rings. The van der Waals surface area contributed by atoms with Crippen LogP contribution in [0, 0.1) is 0 Å². The minimum atomic E-state index is -4.83. The molecule has 1 unspecified atom stereocenters. The highest BCUT2D eigenvalue weighted by Crippen LogP contribution is 2.38. The van der Waals surface area contributed by atoms with Gasteiger partial charge >= 0.3 is 24.3 Å². The molecule has 5 heterocycles. The first-order valence-electron chi connectivity index (χ1n) is 8.88. The molecule has 0 saturated carbocycles. The Kier molecular flexibility index (Phi) is 4.04. The van der Waals surface area contributed by atoms with Gasteiger partial charge in [-0.25, -0.2) is 9.50 Å². The molecule has 14 heteroatoms. The third-order valence-corrected chi connectivity index (χ3v) is 4.90. The van der Waals surface area contributed by atoms with Crippen molar-refractivity contribution in [2.75, 3.05) is 11.4 Å². The summed E-state index contributed by atoms with van der Waals surface area (Å²) in [6.07, 6.45) is -7.72. The number of imidazole rings is 1. The molecule has 4 aromatic rings. The van der Waals surface area contributed by atoms with E-state index in [1.165, 1.54) is 29.4 Å². The number of nitrogens with one attached hydrogen (secondary N) is 1. The lowest BCUT2D eigenvalue weighted by Crippen LogP contribution is -2.37. The Morgan fingerprint density at radius 3 is 2.58 bits per heavy atom. The Balaban J connectivity index is 1.65. The van der Waals surface area contributed by atoms with Gasteiger partial charge < -0.3 is 14.3 Å². The highest BCUT2D eigenvalue weighted by atomic mass is 19.4. The maximum absolute atomic E-state index is 13.4. The Morgan fingerprint density at radius 2 is 1.87 bits per heavy atom. The van der Waals surface area contributed by atoms with Crippen LogP contribution in [0.5, 0.6) is 0 Å². The minimum absolute atomic E-state index is 0.136. The van der Waals surface area contributed by atoms with Crippen LogP contribution >= 0.6 is 0 Å². The number of H-pyrrole nitrogens is 1. The third kappa shape index (κ3) is 3.18. The van der Waals surface area contributed by atoms with Gasteiger partial charge in [-0.05, 0) is 18.2 Å². The minimum Gasteiger partial charge on any atom is -0.399 e. The van der Waals surface area contributed by atoms with E-state index in [4.69, 9.17) is 4.42 Å². The van der Waals surface area contributed by atoms with Gasteiger partial charge in [-0.1, -0.05) is 11.2 Å². The van der Waals surface area contributed by atoms with Crippen molar-refractivity contribution in [3.8, 4) is 0 Å². The lowest BCUT2D eigenvalue weighted by atomic mass is 10.0. The second-order valence-corrected chi connectivity index (χ2v) is 6.81. The summed E-state index contributed by atoms with van der Waals surface area (Å²) in [5, 5.41) is 10.6. The SMILES string of the molecule is FC(F)(F)c1nnc(N2CCc3[nH]cnc3C2c2cc3cccc(C(F)(F)F)n3n2)o1. The average molecular weight is 443 g/mol. The van der Waals surface area contributed by atoms with E-state index in [0.29, 0.717) is 17.8 Å². The molecule has 0 amide bonds. The van der Waals surface area contributed by atoms with Crippen LogP contribution in [0.4, 0.5) is 32.4 Å². The molecule has 162 valence electrons. The van der Waals surface area contributed by atoms with E-state index in [-0.39, 0.29) is 17.8 Å². The van der Waals surface area contributed by atoms with Gasteiger partial charge in [-0.3, -0.25) is 0 Å². The molecular weight excluding hydrogens is 432 g/mol. The van der Waals surface area contributed by atoms with E-state index in [9.17, 15) is 26.3 Å². The number of rotatable bonds is 2. The van der Waals surface area contributed by atoms with E-state index in [0.717, 1.165) is 10.6 Å². The zero-order valence-electron chi connectivity index (χ0n) is 15.2. The standard InChI is InChI=1S/C17H11F6N7O/c18-16(19,20)11-3-1-2-8-6-10(28-30(8)11)13-12-9(24-7-25-12)4-5-29(13)15-27-26-14(31-15)17(21,22)23/h1-3,6-7,13H,4-5H2,(H,24,25). The summed E-state index contributed by atoms with van der Waals surface area (Å²) >= 11 is 0. The van der Waals surface area contributed by atoms with Crippen LogP contribution < -0.4 is 4.90 Å². The molecule has 0 radical (unpaired) electrons. The largest absolute Gasteiger partial charge is 0.470 e. The zero-order valence-corrected chi connectivity index (χ0v) is 15.2. The predicted octanol–water partition coefficient (Wildman–Crippen LogP) is 3.63. The normalized spacial score (nSPS) is 17.4. The van der Waals surface area contributed by atoms with Crippen LogP contribution in [-0.4, -0.2) is 36.3 Å². The number of aromatic nitrogens is 6. The van der Waals surface area contributed by atoms with Crippen molar-refractivity contribution >= 4 is 11.5 Å². The fourth-order valence-electron chi connectivity index (χ4n) is 3.61. The number of aromatic amines is 1. The van der Waals surface area contributed by atoms with Gasteiger partial charge in [0.15, 0.2) is 0 Å². The summed E-state index contributed by atoms with van der Waals surface area (Å²) in [5.41, 5.74) is 0.392.